The molecule has 1 aliphatic rings. The molecule has 1 heterocycles. The van der Waals surface area contributed by atoms with E-state index >= 15 is 0 Å². The minimum absolute atomic E-state index is 0.268. The van der Waals surface area contributed by atoms with Crippen LogP contribution in [0.25, 0.3) is 0 Å². The van der Waals surface area contributed by atoms with Crippen LogP contribution < -0.4 is 5.32 Å². The molecule has 1 amide bonds. The van der Waals surface area contributed by atoms with Crippen molar-refractivity contribution in [1.82, 2.24) is 4.31 Å². The van der Waals surface area contributed by atoms with Crippen molar-refractivity contribution in [2.24, 2.45) is 5.92 Å². The lowest BCUT2D eigenvalue weighted by atomic mass is 10.0. The molecular weight excluding hydrogens is 412 g/mol. The molecule has 0 unspecified atom stereocenters. The van der Waals surface area contributed by atoms with E-state index in [0.29, 0.717) is 44.0 Å². The summed E-state index contributed by atoms with van der Waals surface area (Å²) in [4.78, 5) is 12.1. The van der Waals surface area contributed by atoms with E-state index < -0.39 is 50.5 Å². The van der Waals surface area contributed by atoms with Crippen LogP contribution in [0, 0.1) is 29.2 Å². The average Bonchev–Trinajstić information content (AvgIpc) is 2.66. The van der Waals surface area contributed by atoms with Gasteiger partial charge in [0.25, 0.3) is 5.91 Å². The summed E-state index contributed by atoms with van der Waals surface area (Å²) in [5.74, 6) is -6.52. The van der Waals surface area contributed by atoms with Crippen LogP contribution in [0.4, 0.5) is 23.2 Å². The molecule has 1 saturated heterocycles. The van der Waals surface area contributed by atoms with Crippen molar-refractivity contribution in [1.29, 1.82) is 0 Å². The van der Waals surface area contributed by atoms with Crippen LogP contribution in [0.3, 0.4) is 0 Å². The molecule has 0 saturated carbocycles. The number of nitrogens with one attached hydrogen (secondary N) is 1. The first-order valence-corrected chi connectivity index (χ1v) is 10.3. The standard InChI is InChI=1S/C19H18F4N2O3S/c1-11-4-6-25(7-5-11)29(27,28)13-2-3-15(20)14(10-13)19(26)24-12-8-16(21)18(23)17(22)9-12/h2-3,8-11H,4-7H2,1H3,(H,24,26). The second-order valence-electron chi connectivity index (χ2n) is 6.94. The van der Waals surface area contributed by atoms with Crippen LogP contribution in [-0.2, 0) is 10.0 Å². The first kappa shape index (κ1) is 21.3. The van der Waals surface area contributed by atoms with Gasteiger partial charge < -0.3 is 5.32 Å². The van der Waals surface area contributed by atoms with Crippen molar-refractivity contribution < 1.29 is 30.8 Å². The maximum atomic E-state index is 14.1. The van der Waals surface area contributed by atoms with E-state index in [0.717, 1.165) is 18.2 Å². The fourth-order valence-corrected chi connectivity index (χ4v) is 4.54. The highest BCUT2D eigenvalue weighted by molar-refractivity contribution is 7.89. The van der Waals surface area contributed by atoms with Gasteiger partial charge in [0.15, 0.2) is 17.5 Å². The smallest absolute Gasteiger partial charge is 0.258 e. The molecule has 29 heavy (non-hydrogen) atoms. The van der Waals surface area contributed by atoms with Crippen LogP contribution in [0.1, 0.15) is 30.1 Å². The predicted molar refractivity (Wildman–Crippen MR) is 97.8 cm³/mol. The second kappa shape index (κ2) is 8.11. The van der Waals surface area contributed by atoms with Crippen LogP contribution in [0.5, 0.6) is 0 Å². The molecule has 2 aromatic carbocycles. The quantitative estimate of drug-likeness (QED) is 0.591. The van der Waals surface area contributed by atoms with Gasteiger partial charge in [-0.2, -0.15) is 4.31 Å². The summed E-state index contributed by atoms with van der Waals surface area (Å²) in [5, 5.41) is 2.04. The molecule has 2 aromatic rings. The van der Waals surface area contributed by atoms with E-state index in [1.54, 1.807) is 0 Å². The maximum Gasteiger partial charge on any atom is 0.258 e. The number of hydrogen-bond acceptors (Lipinski definition) is 3. The van der Waals surface area contributed by atoms with E-state index in [9.17, 15) is 30.8 Å². The number of piperidine rings is 1. The Balaban J connectivity index is 1.88. The van der Waals surface area contributed by atoms with Gasteiger partial charge in [0.1, 0.15) is 5.82 Å². The second-order valence-corrected chi connectivity index (χ2v) is 8.87. The average molecular weight is 430 g/mol. The molecule has 0 bridgehead atoms. The van der Waals surface area contributed by atoms with Crippen LogP contribution >= 0.6 is 0 Å². The SMILES string of the molecule is CC1CCN(S(=O)(=O)c2ccc(F)c(C(=O)Nc3cc(F)c(F)c(F)c3)c2)CC1. The number of rotatable bonds is 4. The number of halogens is 4. The van der Waals surface area contributed by atoms with Crippen molar-refractivity contribution in [3.63, 3.8) is 0 Å². The monoisotopic (exact) mass is 430 g/mol. The number of carbonyl (C=O) groups is 1. The zero-order chi connectivity index (χ0) is 21.3. The van der Waals surface area contributed by atoms with Crippen LogP contribution in [0.2, 0.25) is 0 Å². The van der Waals surface area contributed by atoms with Gasteiger partial charge in [0, 0.05) is 30.9 Å². The van der Waals surface area contributed by atoms with E-state index in [1.807, 2.05) is 12.2 Å². The molecular formula is C19H18F4N2O3S. The van der Waals surface area contributed by atoms with Gasteiger partial charge in [-0.1, -0.05) is 6.92 Å². The van der Waals surface area contributed by atoms with Crippen molar-refractivity contribution >= 4 is 21.6 Å². The summed E-state index contributed by atoms with van der Waals surface area (Å²) in [6, 6.07) is 3.82. The number of carbonyl (C=O) groups excluding carboxylic acids is 1. The first-order chi connectivity index (χ1) is 13.6. The number of benzene rings is 2. The van der Waals surface area contributed by atoms with Gasteiger partial charge in [0.05, 0.1) is 10.5 Å². The van der Waals surface area contributed by atoms with Gasteiger partial charge in [-0.05, 0) is 37.0 Å². The van der Waals surface area contributed by atoms with Crippen molar-refractivity contribution in [3.05, 3.63) is 59.2 Å². The lowest BCUT2D eigenvalue weighted by Gasteiger charge is -2.29. The minimum atomic E-state index is -3.93. The van der Waals surface area contributed by atoms with Gasteiger partial charge in [-0.25, -0.2) is 26.0 Å². The first-order valence-electron chi connectivity index (χ1n) is 8.85. The zero-order valence-electron chi connectivity index (χ0n) is 15.4. The molecule has 10 heteroatoms. The summed E-state index contributed by atoms with van der Waals surface area (Å²) in [7, 11) is -3.93. The topological polar surface area (TPSA) is 66.5 Å². The summed E-state index contributed by atoms with van der Waals surface area (Å²) in [5.41, 5.74) is -1.06. The molecule has 0 aliphatic carbocycles. The highest BCUT2D eigenvalue weighted by Crippen LogP contribution is 2.25. The fourth-order valence-electron chi connectivity index (χ4n) is 3.04. The van der Waals surface area contributed by atoms with Gasteiger partial charge in [-0.15, -0.1) is 0 Å². The Hall–Kier alpha value is -2.46. The van der Waals surface area contributed by atoms with Gasteiger partial charge in [0.2, 0.25) is 10.0 Å². The number of amides is 1. The minimum Gasteiger partial charge on any atom is -0.322 e. The highest BCUT2D eigenvalue weighted by Gasteiger charge is 2.29. The molecule has 1 aliphatic heterocycles. The summed E-state index contributed by atoms with van der Waals surface area (Å²) in [6.45, 7) is 2.65. The Kier molecular flexibility index (Phi) is 5.95. The zero-order valence-corrected chi connectivity index (χ0v) is 16.2. The van der Waals surface area contributed by atoms with E-state index in [-0.39, 0.29) is 4.90 Å². The van der Waals surface area contributed by atoms with Crippen molar-refractivity contribution in [2.45, 2.75) is 24.7 Å². The molecule has 3 rings (SSSR count). The molecule has 1 N–H and O–H groups in total. The Morgan fingerprint density at radius 2 is 1.59 bits per heavy atom. The largest absolute Gasteiger partial charge is 0.322 e. The molecule has 0 atom stereocenters. The molecule has 5 nitrogen and oxygen atoms in total. The predicted octanol–water partition coefficient (Wildman–Crippen LogP) is 3.92. The molecule has 1 fully saturated rings. The van der Waals surface area contributed by atoms with Crippen molar-refractivity contribution in [3.8, 4) is 0 Å². The normalized spacial score (nSPS) is 16.0. The Morgan fingerprint density at radius 3 is 2.17 bits per heavy atom. The van der Waals surface area contributed by atoms with Gasteiger partial charge >= 0.3 is 0 Å². The third-order valence-corrected chi connectivity index (χ3v) is 6.70. The van der Waals surface area contributed by atoms with Gasteiger partial charge in [-0.3, -0.25) is 4.79 Å². The van der Waals surface area contributed by atoms with E-state index in [2.05, 4.69) is 0 Å². The van der Waals surface area contributed by atoms with Crippen LogP contribution in [0.15, 0.2) is 35.2 Å². The lowest BCUT2D eigenvalue weighted by Crippen LogP contribution is -2.38. The van der Waals surface area contributed by atoms with Crippen molar-refractivity contribution in [2.75, 3.05) is 18.4 Å². The summed E-state index contributed by atoms with van der Waals surface area (Å²) < 4.78 is 80.6. The number of hydrogen-bond donors (Lipinski definition) is 1. The maximum absolute atomic E-state index is 14.1. The summed E-state index contributed by atoms with van der Waals surface area (Å²) in [6.07, 6.45) is 1.38. The molecule has 0 radical (unpaired) electrons. The number of anilines is 1. The summed E-state index contributed by atoms with van der Waals surface area (Å²) >= 11 is 0. The fraction of sp³-hybridized carbons (Fsp3) is 0.316. The molecule has 0 spiro atoms. The third-order valence-electron chi connectivity index (χ3n) is 4.80. The Bertz CT molecular complexity index is 1030. The number of sulfonamides is 1. The lowest BCUT2D eigenvalue weighted by molar-refractivity contribution is 0.102. The Labute approximate surface area is 165 Å². The van der Waals surface area contributed by atoms with E-state index in [1.165, 1.54) is 4.31 Å². The van der Waals surface area contributed by atoms with Crippen LogP contribution in [-0.4, -0.2) is 31.7 Å². The number of nitrogens with zero attached hydrogens (tertiary/aromatic N) is 1. The highest BCUT2D eigenvalue weighted by atomic mass is 32.2. The molecule has 0 aromatic heterocycles. The Morgan fingerprint density at radius 1 is 1.00 bits per heavy atom. The van der Waals surface area contributed by atoms with E-state index in [4.69, 9.17) is 0 Å². The molecule has 156 valence electrons. The third kappa shape index (κ3) is 4.43.